The van der Waals surface area contributed by atoms with Crippen molar-refractivity contribution < 1.29 is 27.8 Å². The molecule has 2 bridgehead atoms. The standard InChI is InChI=1S/C31H30O6S/c32-29(37-27-15-16-28(38(34)35)22-11-4-3-10-21(22)27)14-7-17-36-31(33)26-18-25-19-8-1-5-12-23(19)30(26)24-13-6-2-9-20(24)25/h1-2,5-6,8-9,12-13,15-16,25-26,30H,3-4,7,10-11,14,17-18H2,(H,34,35)/p-1. The van der Waals surface area contributed by atoms with Crippen molar-refractivity contribution in [1.29, 1.82) is 0 Å². The minimum Gasteiger partial charge on any atom is -0.768 e. The predicted octanol–water partition coefficient (Wildman–Crippen LogP) is 5.33. The molecule has 0 aliphatic heterocycles. The Morgan fingerprint density at radius 2 is 1.50 bits per heavy atom. The van der Waals surface area contributed by atoms with E-state index in [9.17, 15) is 18.4 Å². The van der Waals surface area contributed by atoms with Crippen molar-refractivity contribution in [2.75, 3.05) is 6.61 Å². The molecule has 6 nitrogen and oxygen atoms in total. The topological polar surface area (TPSA) is 92.7 Å². The van der Waals surface area contributed by atoms with Gasteiger partial charge in [-0.15, -0.1) is 0 Å². The van der Waals surface area contributed by atoms with Crippen LogP contribution in [0.15, 0.2) is 65.6 Å². The number of ether oxygens (including phenoxy) is 2. The van der Waals surface area contributed by atoms with Crippen LogP contribution in [0.2, 0.25) is 0 Å². The van der Waals surface area contributed by atoms with Crippen molar-refractivity contribution in [3.8, 4) is 5.75 Å². The van der Waals surface area contributed by atoms with Crippen LogP contribution >= 0.6 is 0 Å². The van der Waals surface area contributed by atoms with Gasteiger partial charge in [0.15, 0.2) is 0 Å². The lowest BCUT2D eigenvalue weighted by atomic mass is 9.59. The van der Waals surface area contributed by atoms with Crippen LogP contribution in [0.3, 0.4) is 0 Å². The summed E-state index contributed by atoms with van der Waals surface area (Å²) in [5.74, 6) is -0.254. The fourth-order valence-electron chi connectivity index (χ4n) is 6.59. The SMILES string of the molecule is O=C(CCCOC(=O)C1CC2c3ccccc3C1c1ccccc12)Oc1ccc(S(=O)[O-])c2c1CCCC2. The molecule has 0 saturated carbocycles. The van der Waals surface area contributed by atoms with Crippen molar-refractivity contribution in [3.05, 3.63) is 94.0 Å². The normalized spacial score (nSPS) is 21.6. The average Bonchev–Trinajstić information content (AvgIpc) is 2.95. The Hall–Kier alpha value is -3.29. The van der Waals surface area contributed by atoms with Crippen molar-refractivity contribution in [1.82, 2.24) is 0 Å². The van der Waals surface area contributed by atoms with Crippen molar-refractivity contribution >= 4 is 23.0 Å². The van der Waals surface area contributed by atoms with Crippen LogP contribution in [0, 0.1) is 5.92 Å². The largest absolute Gasteiger partial charge is 0.768 e. The molecule has 0 aromatic heterocycles. The molecular weight excluding hydrogens is 500 g/mol. The second-order valence-corrected chi connectivity index (χ2v) is 11.2. The predicted molar refractivity (Wildman–Crippen MR) is 141 cm³/mol. The third-order valence-corrected chi connectivity index (χ3v) is 8.97. The van der Waals surface area contributed by atoms with Gasteiger partial charge >= 0.3 is 11.9 Å². The van der Waals surface area contributed by atoms with E-state index >= 15 is 0 Å². The van der Waals surface area contributed by atoms with Gasteiger partial charge in [-0.05, 0) is 95.1 Å². The summed E-state index contributed by atoms with van der Waals surface area (Å²) in [5.41, 5.74) is 6.60. The third kappa shape index (κ3) is 4.48. The number of hydrogen-bond acceptors (Lipinski definition) is 6. The second-order valence-electron chi connectivity index (χ2n) is 10.3. The molecule has 0 amide bonds. The van der Waals surface area contributed by atoms with E-state index in [4.69, 9.17) is 9.47 Å². The van der Waals surface area contributed by atoms with Crippen LogP contribution in [0.25, 0.3) is 0 Å². The molecule has 3 aromatic rings. The lowest BCUT2D eigenvalue weighted by Gasteiger charge is -2.44. The van der Waals surface area contributed by atoms with E-state index in [0.29, 0.717) is 25.0 Å². The van der Waals surface area contributed by atoms with E-state index in [1.165, 1.54) is 28.3 Å². The maximum absolute atomic E-state index is 13.2. The molecule has 0 N–H and O–H groups in total. The van der Waals surface area contributed by atoms with Gasteiger partial charge < -0.3 is 14.0 Å². The summed E-state index contributed by atoms with van der Waals surface area (Å²) in [6.45, 7) is 0.150. The number of carbonyl (C=O) groups is 2. The van der Waals surface area contributed by atoms with Gasteiger partial charge in [-0.25, -0.2) is 0 Å². The molecule has 7 rings (SSSR count). The highest BCUT2D eigenvalue weighted by Crippen LogP contribution is 2.55. The Morgan fingerprint density at radius 3 is 2.16 bits per heavy atom. The van der Waals surface area contributed by atoms with E-state index in [-0.39, 0.29) is 41.6 Å². The molecule has 2 atom stereocenters. The number of benzene rings is 3. The van der Waals surface area contributed by atoms with Gasteiger partial charge in [0, 0.05) is 23.2 Å². The quantitative estimate of drug-likeness (QED) is 0.178. The molecule has 0 fully saturated rings. The van der Waals surface area contributed by atoms with E-state index in [1.54, 1.807) is 6.07 Å². The van der Waals surface area contributed by atoms with Crippen LogP contribution < -0.4 is 4.74 Å². The zero-order chi connectivity index (χ0) is 26.2. The second kappa shape index (κ2) is 10.5. The number of hydrogen-bond donors (Lipinski definition) is 0. The molecule has 0 heterocycles. The molecular formula is C31H29O6S-. The van der Waals surface area contributed by atoms with Crippen molar-refractivity contribution in [3.63, 3.8) is 0 Å². The van der Waals surface area contributed by atoms with Gasteiger partial charge in [-0.1, -0.05) is 48.5 Å². The summed E-state index contributed by atoms with van der Waals surface area (Å²) in [4.78, 5) is 26.0. The van der Waals surface area contributed by atoms with E-state index in [2.05, 4.69) is 36.4 Å². The van der Waals surface area contributed by atoms with Gasteiger partial charge in [0.2, 0.25) is 0 Å². The summed E-state index contributed by atoms with van der Waals surface area (Å²) >= 11 is -2.32. The maximum atomic E-state index is 13.2. The zero-order valence-electron chi connectivity index (χ0n) is 21.0. The first-order chi connectivity index (χ1) is 18.5. The number of fused-ring (bicyclic) bond motifs is 2. The Morgan fingerprint density at radius 1 is 0.868 bits per heavy atom. The van der Waals surface area contributed by atoms with E-state index < -0.39 is 17.0 Å². The van der Waals surface area contributed by atoms with Crippen LogP contribution in [-0.4, -0.2) is 27.3 Å². The summed E-state index contributed by atoms with van der Waals surface area (Å²) in [7, 11) is 0. The van der Waals surface area contributed by atoms with Crippen LogP contribution in [0.5, 0.6) is 5.75 Å². The Bertz CT molecular complexity index is 1380. The molecule has 196 valence electrons. The minimum absolute atomic E-state index is 0.0116. The van der Waals surface area contributed by atoms with Gasteiger partial charge in [0.25, 0.3) is 0 Å². The lowest BCUT2D eigenvalue weighted by molar-refractivity contribution is -0.150. The summed E-state index contributed by atoms with van der Waals surface area (Å²) < 4.78 is 34.4. The minimum atomic E-state index is -2.32. The molecule has 0 spiro atoms. The molecule has 4 aliphatic rings. The fourth-order valence-corrected chi connectivity index (χ4v) is 7.20. The molecule has 4 aliphatic carbocycles. The monoisotopic (exact) mass is 529 g/mol. The zero-order valence-corrected chi connectivity index (χ0v) is 21.8. The number of carbonyl (C=O) groups excluding carboxylic acids is 2. The summed E-state index contributed by atoms with van der Waals surface area (Å²) in [6, 6.07) is 19.8. The third-order valence-electron chi connectivity index (χ3n) is 8.23. The highest BCUT2D eigenvalue weighted by molar-refractivity contribution is 7.79. The summed E-state index contributed by atoms with van der Waals surface area (Å²) in [6.07, 6.45) is 4.41. The Labute approximate surface area is 224 Å². The highest BCUT2D eigenvalue weighted by Gasteiger charge is 2.46. The van der Waals surface area contributed by atoms with Gasteiger partial charge in [-0.2, -0.15) is 0 Å². The molecule has 3 aromatic carbocycles. The summed E-state index contributed by atoms with van der Waals surface area (Å²) in [5, 5.41) is 0. The lowest BCUT2D eigenvalue weighted by Crippen LogP contribution is -2.37. The molecule has 0 saturated heterocycles. The van der Waals surface area contributed by atoms with Gasteiger partial charge in [0.1, 0.15) is 5.75 Å². The molecule has 38 heavy (non-hydrogen) atoms. The fraction of sp³-hybridized carbons (Fsp3) is 0.355. The first-order valence-electron chi connectivity index (χ1n) is 13.3. The Kier molecular flexibility index (Phi) is 6.89. The van der Waals surface area contributed by atoms with Crippen LogP contribution in [0.4, 0.5) is 0 Å². The number of esters is 2. The highest BCUT2D eigenvalue weighted by atomic mass is 32.2. The molecule has 0 radical (unpaired) electrons. The van der Waals surface area contributed by atoms with Gasteiger partial charge in [0.05, 0.1) is 12.5 Å². The number of rotatable bonds is 7. The van der Waals surface area contributed by atoms with Gasteiger partial charge in [-0.3, -0.25) is 13.8 Å². The van der Waals surface area contributed by atoms with Crippen molar-refractivity contribution in [2.24, 2.45) is 5.92 Å². The maximum Gasteiger partial charge on any atom is 0.311 e. The smallest absolute Gasteiger partial charge is 0.311 e. The van der Waals surface area contributed by atoms with Crippen LogP contribution in [0.1, 0.15) is 77.3 Å². The molecule has 2 unspecified atom stereocenters. The Balaban J connectivity index is 1.07. The van der Waals surface area contributed by atoms with Crippen LogP contribution in [-0.2, 0) is 38.2 Å². The van der Waals surface area contributed by atoms with Crippen molar-refractivity contribution in [2.45, 2.75) is 61.7 Å². The van der Waals surface area contributed by atoms with E-state index in [0.717, 1.165) is 30.4 Å². The average molecular weight is 530 g/mol. The first-order valence-corrected chi connectivity index (χ1v) is 14.4. The first kappa shape index (κ1) is 25.0. The van der Waals surface area contributed by atoms with E-state index in [1.807, 2.05) is 12.1 Å². The molecule has 7 heteroatoms.